The monoisotopic (exact) mass is 295 g/mol. The first kappa shape index (κ1) is 13.5. The number of aliphatic hydroxyl groups excluding tert-OH is 1. The Kier molecular flexibility index (Phi) is 3.70. The number of hydrazine groups is 1. The van der Waals surface area contributed by atoms with Gasteiger partial charge in [-0.15, -0.1) is 11.3 Å². The van der Waals surface area contributed by atoms with E-state index in [1.54, 1.807) is 11.3 Å². The molecule has 1 atom stereocenters. The van der Waals surface area contributed by atoms with E-state index in [2.05, 4.69) is 26.4 Å². The number of nitrogens with one attached hydrogen (secondary N) is 1. The fourth-order valence-electron chi connectivity index (χ4n) is 2.40. The van der Waals surface area contributed by atoms with E-state index in [1.807, 2.05) is 6.92 Å². The third kappa shape index (κ3) is 2.31. The Balaban J connectivity index is 2.12. The number of thiophene rings is 1. The van der Waals surface area contributed by atoms with Crippen LogP contribution < -0.4 is 16.2 Å². The molecule has 20 heavy (non-hydrogen) atoms. The van der Waals surface area contributed by atoms with Gasteiger partial charge in [-0.2, -0.15) is 4.98 Å². The van der Waals surface area contributed by atoms with Crippen molar-refractivity contribution in [3.05, 3.63) is 10.9 Å². The molecule has 3 heterocycles. The summed E-state index contributed by atoms with van der Waals surface area (Å²) in [5.41, 5.74) is 2.50. The number of morpholine rings is 1. The van der Waals surface area contributed by atoms with E-state index in [0.29, 0.717) is 25.7 Å². The molecule has 4 N–H and O–H groups in total. The Hall–Kier alpha value is -1.48. The molecule has 0 radical (unpaired) electrons. The number of rotatable bonds is 3. The second kappa shape index (κ2) is 5.49. The third-order valence-electron chi connectivity index (χ3n) is 3.34. The number of anilines is 2. The van der Waals surface area contributed by atoms with E-state index in [0.717, 1.165) is 16.0 Å². The quantitative estimate of drug-likeness (QED) is 0.560. The van der Waals surface area contributed by atoms with Gasteiger partial charge in [0.15, 0.2) is 0 Å². The highest BCUT2D eigenvalue weighted by Gasteiger charge is 2.26. The molecule has 8 heteroatoms. The van der Waals surface area contributed by atoms with Crippen molar-refractivity contribution in [2.75, 3.05) is 36.7 Å². The van der Waals surface area contributed by atoms with Crippen LogP contribution in [0.1, 0.15) is 4.88 Å². The zero-order chi connectivity index (χ0) is 14.1. The Bertz CT molecular complexity index is 617. The van der Waals surface area contributed by atoms with Crippen LogP contribution in [0.4, 0.5) is 11.8 Å². The molecular formula is C12H17N5O2S. The molecule has 0 aromatic carbocycles. The van der Waals surface area contributed by atoms with Gasteiger partial charge in [0.1, 0.15) is 10.6 Å². The van der Waals surface area contributed by atoms with Crippen LogP contribution in [-0.4, -0.2) is 47.5 Å². The van der Waals surface area contributed by atoms with Crippen molar-refractivity contribution in [3.63, 3.8) is 0 Å². The smallest absolute Gasteiger partial charge is 0.240 e. The molecule has 1 unspecified atom stereocenters. The van der Waals surface area contributed by atoms with E-state index in [4.69, 9.17) is 10.6 Å². The van der Waals surface area contributed by atoms with Gasteiger partial charge in [-0.1, -0.05) is 0 Å². The normalized spacial score (nSPS) is 19.6. The molecule has 1 aliphatic rings. The van der Waals surface area contributed by atoms with Gasteiger partial charge in [-0.05, 0) is 13.0 Å². The summed E-state index contributed by atoms with van der Waals surface area (Å²) in [6.45, 7) is 3.87. The van der Waals surface area contributed by atoms with E-state index in [9.17, 15) is 5.11 Å². The Morgan fingerprint density at radius 3 is 3.20 bits per heavy atom. The molecule has 0 spiro atoms. The number of aliphatic hydroxyl groups is 1. The molecule has 108 valence electrons. The van der Waals surface area contributed by atoms with E-state index in [1.165, 1.54) is 4.88 Å². The molecule has 0 bridgehead atoms. The molecule has 1 saturated heterocycles. The lowest BCUT2D eigenvalue weighted by atomic mass is 10.2. The van der Waals surface area contributed by atoms with Crippen molar-refractivity contribution in [2.24, 2.45) is 5.84 Å². The molecule has 3 rings (SSSR count). The number of hydrogen-bond donors (Lipinski definition) is 3. The standard InChI is InChI=1S/C12H17N5O2S/c1-7-4-9-10(14-12(16-13)15-11(9)20-7)17-2-3-19-6-8(17)5-18/h4,8,18H,2-3,5-6,13H2,1H3,(H,14,15,16). The van der Waals surface area contributed by atoms with Crippen LogP contribution in [0.15, 0.2) is 6.07 Å². The number of nitrogen functional groups attached to an aromatic ring is 1. The van der Waals surface area contributed by atoms with Gasteiger partial charge >= 0.3 is 0 Å². The van der Waals surface area contributed by atoms with Gasteiger partial charge in [0.05, 0.1) is 31.2 Å². The lowest BCUT2D eigenvalue weighted by Gasteiger charge is -2.35. The number of hydrogen-bond acceptors (Lipinski definition) is 8. The van der Waals surface area contributed by atoms with Crippen LogP contribution in [0.5, 0.6) is 0 Å². The highest BCUT2D eigenvalue weighted by molar-refractivity contribution is 7.18. The predicted molar refractivity (Wildman–Crippen MR) is 79.0 cm³/mol. The fraction of sp³-hybridized carbons (Fsp3) is 0.500. The summed E-state index contributed by atoms with van der Waals surface area (Å²) in [5, 5.41) is 10.5. The maximum absolute atomic E-state index is 9.52. The Morgan fingerprint density at radius 2 is 2.45 bits per heavy atom. The fourth-order valence-corrected chi connectivity index (χ4v) is 3.27. The van der Waals surface area contributed by atoms with Crippen LogP contribution in [0.3, 0.4) is 0 Å². The molecule has 0 saturated carbocycles. The third-order valence-corrected chi connectivity index (χ3v) is 4.28. The molecule has 0 aliphatic carbocycles. The summed E-state index contributed by atoms with van der Waals surface area (Å²) in [5.74, 6) is 6.64. The van der Waals surface area contributed by atoms with Crippen molar-refractivity contribution in [3.8, 4) is 0 Å². The highest BCUT2D eigenvalue weighted by Crippen LogP contribution is 2.33. The van der Waals surface area contributed by atoms with Crippen LogP contribution >= 0.6 is 11.3 Å². The lowest BCUT2D eigenvalue weighted by Crippen LogP contribution is -2.48. The van der Waals surface area contributed by atoms with Gasteiger partial charge in [0.25, 0.3) is 0 Å². The van der Waals surface area contributed by atoms with Gasteiger partial charge in [0, 0.05) is 11.4 Å². The summed E-state index contributed by atoms with van der Waals surface area (Å²) in [7, 11) is 0. The zero-order valence-electron chi connectivity index (χ0n) is 11.2. The summed E-state index contributed by atoms with van der Waals surface area (Å²) in [6.07, 6.45) is 0. The number of fused-ring (bicyclic) bond motifs is 1. The molecule has 2 aromatic heterocycles. The van der Waals surface area contributed by atoms with E-state index in [-0.39, 0.29) is 12.6 Å². The second-order valence-corrected chi connectivity index (χ2v) is 5.93. The first-order valence-corrected chi connectivity index (χ1v) is 7.24. The van der Waals surface area contributed by atoms with Gasteiger partial charge < -0.3 is 14.7 Å². The SMILES string of the molecule is Cc1cc2c(N3CCOCC3CO)nc(NN)nc2s1. The lowest BCUT2D eigenvalue weighted by molar-refractivity contribution is 0.0724. The number of nitrogens with zero attached hydrogens (tertiary/aromatic N) is 3. The van der Waals surface area contributed by atoms with E-state index >= 15 is 0 Å². The van der Waals surface area contributed by atoms with Crippen LogP contribution in [0.25, 0.3) is 10.2 Å². The minimum atomic E-state index is -0.0901. The molecule has 2 aromatic rings. The van der Waals surface area contributed by atoms with Crippen molar-refractivity contribution in [1.29, 1.82) is 0 Å². The average Bonchev–Trinajstić information content (AvgIpc) is 2.86. The summed E-state index contributed by atoms with van der Waals surface area (Å²) >= 11 is 1.60. The van der Waals surface area contributed by atoms with Gasteiger partial charge in [0.2, 0.25) is 5.95 Å². The number of aromatic nitrogens is 2. The molecule has 7 nitrogen and oxygen atoms in total. The number of aryl methyl sites for hydroxylation is 1. The maximum Gasteiger partial charge on any atom is 0.240 e. The first-order valence-electron chi connectivity index (χ1n) is 6.43. The molecular weight excluding hydrogens is 278 g/mol. The Morgan fingerprint density at radius 1 is 1.60 bits per heavy atom. The summed E-state index contributed by atoms with van der Waals surface area (Å²) < 4.78 is 5.42. The van der Waals surface area contributed by atoms with Gasteiger partial charge in [-0.25, -0.2) is 10.8 Å². The maximum atomic E-state index is 9.52. The topological polar surface area (TPSA) is 96.5 Å². The van der Waals surface area contributed by atoms with Crippen LogP contribution in [-0.2, 0) is 4.74 Å². The number of ether oxygens (including phenoxy) is 1. The molecule has 0 amide bonds. The van der Waals surface area contributed by atoms with Crippen molar-refractivity contribution < 1.29 is 9.84 Å². The average molecular weight is 295 g/mol. The summed E-state index contributed by atoms with van der Waals surface area (Å²) in [6, 6.07) is 1.98. The van der Waals surface area contributed by atoms with Crippen molar-refractivity contribution in [1.82, 2.24) is 9.97 Å². The minimum Gasteiger partial charge on any atom is -0.394 e. The van der Waals surface area contributed by atoms with Gasteiger partial charge in [-0.3, -0.25) is 5.43 Å². The zero-order valence-corrected chi connectivity index (χ0v) is 12.0. The van der Waals surface area contributed by atoms with Crippen LogP contribution in [0.2, 0.25) is 0 Å². The minimum absolute atomic E-state index is 0.0278. The predicted octanol–water partition coefficient (Wildman–Crippen LogP) is 0.483. The Labute approximate surface area is 120 Å². The first-order chi connectivity index (χ1) is 9.72. The molecule has 1 aliphatic heterocycles. The second-order valence-electron chi connectivity index (χ2n) is 4.70. The largest absolute Gasteiger partial charge is 0.394 e. The van der Waals surface area contributed by atoms with Crippen LogP contribution in [0, 0.1) is 6.92 Å². The van der Waals surface area contributed by atoms with Crippen molar-refractivity contribution in [2.45, 2.75) is 13.0 Å². The highest BCUT2D eigenvalue weighted by atomic mass is 32.1. The van der Waals surface area contributed by atoms with E-state index < -0.39 is 0 Å². The van der Waals surface area contributed by atoms with Crippen molar-refractivity contribution >= 4 is 33.3 Å². The number of nitrogens with two attached hydrogens (primary N) is 1. The summed E-state index contributed by atoms with van der Waals surface area (Å²) in [4.78, 5) is 13.0. The molecule has 1 fully saturated rings.